The summed E-state index contributed by atoms with van der Waals surface area (Å²) in [6.07, 6.45) is 6.25. The van der Waals surface area contributed by atoms with Crippen LogP contribution in [0.15, 0.2) is 35.2 Å². The molecule has 106 valence electrons. The maximum absolute atomic E-state index is 11.9. The molecule has 1 rings (SSSR count). The quantitative estimate of drug-likeness (QED) is 0.667. The van der Waals surface area contributed by atoms with Gasteiger partial charge in [0.1, 0.15) is 0 Å². The summed E-state index contributed by atoms with van der Waals surface area (Å²) in [7, 11) is -0.876. The molecule has 1 unspecified atom stereocenters. The lowest BCUT2D eigenvalue weighted by Gasteiger charge is -2.02. The molecule has 4 heteroatoms. The smallest absolute Gasteiger partial charge is 0.303 e. The van der Waals surface area contributed by atoms with Crippen molar-refractivity contribution in [2.75, 3.05) is 5.75 Å². The van der Waals surface area contributed by atoms with Gasteiger partial charge in [0.25, 0.3) is 0 Å². The number of benzene rings is 1. The molecule has 0 bridgehead atoms. The average molecular weight is 282 g/mol. The largest absolute Gasteiger partial charge is 0.481 e. The van der Waals surface area contributed by atoms with Crippen molar-refractivity contribution in [2.24, 2.45) is 0 Å². The van der Waals surface area contributed by atoms with Gasteiger partial charge in [0.15, 0.2) is 0 Å². The molecule has 0 aliphatic heterocycles. The summed E-state index contributed by atoms with van der Waals surface area (Å²) in [5.74, 6) is 0.0114. The number of aliphatic carboxylic acids is 1. The summed E-state index contributed by atoms with van der Waals surface area (Å²) in [6, 6.07) is 9.56. The lowest BCUT2D eigenvalue weighted by molar-refractivity contribution is -0.137. The van der Waals surface area contributed by atoms with Crippen LogP contribution in [-0.4, -0.2) is 21.0 Å². The summed E-state index contributed by atoms with van der Waals surface area (Å²) in [5, 5.41) is 8.49. The highest BCUT2D eigenvalue weighted by molar-refractivity contribution is 7.85. The number of carbonyl (C=O) groups is 1. The van der Waals surface area contributed by atoms with Crippen LogP contribution in [0.2, 0.25) is 0 Å². The topological polar surface area (TPSA) is 54.4 Å². The van der Waals surface area contributed by atoms with E-state index in [-0.39, 0.29) is 6.42 Å². The molecule has 19 heavy (non-hydrogen) atoms. The Morgan fingerprint density at radius 1 is 0.947 bits per heavy atom. The van der Waals surface area contributed by atoms with Crippen LogP contribution in [0.3, 0.4) is 0 Å². The van der Waals surface area contributed by atoms with Crippen molar-refractivity contribution in [1.29, 1.82) is 0 Å². The molecule has 0 radical (unpaired) electrons. The molecule has 1 atom stereocenters. The highest BCUT2D eigenvalue weighted by Crippen LogP contribution is 2.11. The second-order valence-electron chi connectivity index (χ2n) is 4.63. The van der Waals surface area contributed by atoms with E-state index in [4.69, 9.17) is 5.11 Å². The lowest BCUT2D eigenvalue weighted by atomic mass is 10.1. The van der Waals surface area contributed by atoms with Gasteiger partial charge in [0.2, 0.25) is 0 Å². The molecule has 0 saturated carbocycles. The Hall–Kier alpha value is -1.16. The number of carboxylic acid groups (broad SMARTS) is 1. The first kappa shape index (κ1) is 15.9. The molecule has 0 saturated heterocycles. The van der Waals surface area contributed by atoms with Gasteiger partial charge >= 0.3 is 5.97 Å². The van der Waals surface area contributed by atoms with Crippen molar-refractivity contribution in [3.8, 4) is 0 Å². The first-order valence-corrected chi connectivity index (χ1v) is 8.17. The van der Waals surface area contributed by atoms with Crippen molar-refractivity contribution in [1.82, 2.24) is 0 Å². The van der Waals surface area contributed by atoms with Gasteiger partial charge in [0, 0.05) is 17.1 Å². The second kappa shape index (κ2) is 9.73. The van der Waals surface area contributed by atoms with Crippen LogP contribution in [0.4, 0.5) is 0 Å². The van der Waals surface area contributed by atoms with Crippen molar-refractivity contribution in [2.45, 2.75) is 49.8 Å². The predicted octanol–water partition coefficient (Wildman–Crippen LogP) is 3.61. The van der Waals surface area contributed by atoms with Gasteiger partial charge in [0.05, 0.1) is 10.8 Å². The number of unbranched alkanes of at least 4 members (excludes halogenated alkanes) is 5. The normalized spacial score (nSPS) is 12.2. The molecule has 0 heterocycles. The number of hydrogen-bond acceptors (Lipinski definition) is 2. The van der Waals surface area contributed by atoms with E-state index in [1.54, 1.807) is 0 Å². The van der Waals surface area contributed by atoms with Gasteiger partial charge in [-0.25, -0.2) is 0 Å². The van der Waals surface area contributed by atoms with Crippen LogP contribution in [0, 0.1) is 0 Å². The zero-order valence-electron chi connectivity index (χ0n) is 11.2. The Labute approximate surface area is 117 Å². The van der Waals surface area contributed by atoms with E-state index in [2.05, 4.69) is 0 Å². The number of carboxylic acids is 1. The summed E-state index contributed by atoms with van der Waals surface area (Å²) < 4.78 is 11.9. The van der Waals surface area contributed by atoms with Gasteiger partial charge in [-0.05, 0) is 25.0 Å². The summed E-state index contributed by atoms with van der Waals surface area (Å²) in [4.78, 5) is 11.2. The zero-order valence-corrected chi connectivity index (χ0v) is 12.0. The van der Waals surface area contributed by atoms with Gasteiger partial charge in [-0.1, -0.05) is 43.9 Å². The SMILES string of the molecule is O=C(O)CCCCCCCCS(=O)c1ccccc1. The third-order valence-corrected chi connectivity index (χ3v) is 4.43. The fourth-order valence-electron chi connectivity index (χ4n) is 1.91. The van der Waals surface area contributed by atoms with Crippen LogP contribution in [0.1, 0.15) is 44.9 Å². The Morgan fingerprint density at radius 3 is 2.16 bits per heavy atom. The molecule has 1 aromatic rings. The summed E-state index contributed by atoms with van der Waals surface area (Å²) in [5.41, 5.74) is 0. The first-order valence-electron chi connectivity index (χ1n) is 6.85. The van der Waals surface area contributed by atoms with Crippen LogP contribution < -0.4 is 0 Å². The molecular weight excluding hydrogens is 260 g/mol. The average Bonchev–Trinajstić information content (AvgIpc) is 2.42. The predicted molar refractivity (Wildman–Crippen MR) is 77.7 cm³/mol. The zero-order chi connectivity index (χ0) is 13.9. The van der Waals surface area contributed by atoms with Gasteiger partial charge in [-0.2, -0.15) is 0 Å². The second-order valence-corrected chi connectivity index (χ2v) is 6.20. The molecule has 0 amide bonds. The Morgan fingerprint density at radius 2 is 1.53 bits per heavy atom. The van der Waals surface area contributed by atoms with E-state index in [0.29, 0.717) is 0 Å². The molecule has 1 aromatic carbocycles. The molecule has 0 fully saturated rings. The standard InChI is InChI=1S/C15H22O3S/c16-15(17)12-8-3-1-2-4-9-13-19(18)14-10-6-5-7-11-14/h5-7,10-11H,1-4,8-9,12-13H2,(H,16,17). The molecule has 0 spiro atoms. The van der Waals surface area contributed by atoms with E-state index in [1.807, 2.05) is 30.3 Å². The third-order valence-electron chi connectivity index (χ3n) is 2.98. The van der Waals surface area contributed by atoms with E-state index >= 15 is 0 Å². The van der Waals surface area contributed by atoms with Crippen molar-refractivity contribution >= 4 is 16.8 Å². The highest BCUT2D eigenvalue weighted by atomic mass is 32.2. The van der Waals surface area contributed by atoms with Crippen molar-refractivity contribution in [3.63, 3.8) is 0 Å². The summed E-state index contributed by atoms with van der Waals surface area (Å²) >= 11 is 0. The minimum Gasteiger partial charge on any atom is -0.481 e. The fraction of sp³-hybridized carbons (Fsp3) is 0.533. The third kappa shape index (κ3) is 7.78. The van der Waals surface area contributed by atoms with Crippen LogP contribution in [-0.2, 0) is 15.6 Å². The van der Waals surface area contributed by atoms with Crippen molar-refractivity contribution < 1.29 is 14.1 Å². The molecule has 3 nitrogen and oxygen atoms in total. The number of hydrogen-bond donors (Lipinski definition) is 1. The Balaban J connectivity index is 1.99. The number of rotatable bonds is 10. The molecule has 0 aliphatic rings. The van der Waals surface area contributed by atoms with Crippen molar-refractivity contribution in [3.05, 3.63) is 30.3 Å². The minimum absolute atomic E-state index is 0.276. The van der Waals surface area contributed by atoms with Crippen LogP contribution in [0.5, 0.6) is 0 Å². The van der Waals surface area contributed by atoms with Crippen LogP contribution in [0.25, 0.3) is 0 Å². The van der Waals surface area contributed by atoms with Gasteiger partial charge < -0.3 is 5.11 Å². The van der Waals surface area contributed by atoms with Crippen LogP contribution >= 0.6 is 0 Å². The van der Waals surface area contributed by atoms with E-state index in [9.17, 15) is 9.00 Å². The van der Waals surface area contributed by atoms with Gasteiger partial charge in [-0.3, -0.25) is 9.00 Å². The Bertz CT molecular complexity index is 390. The first-order chi connectivity index (χ1) is 9.20. The maximum atomic E-state index is 11.9. The highest BCUT2D eigenvalue weighted by Gasteiger charge is 2.02. The summed E-state index contributed by atoms with van der Waals surface area (Å²) in [6.45, 7) is 0. The van der Waals surface area contributed by atoms with E-state index in [1.165, 1.54) is 0 Å². The maximum Gasteiger partial charge on any atom is 0.303 e. The molecule has 1 N–H and O–H groups in total. The molecule has 0 aliphatic carbocycles. The van der Waals surface area contributed by atoms with Gasteiger partial charge in [-0.15, -0.1) is 0 Å². The lowest BCUT2D eigenvalue weighted by Crippen LogP contribution is -1.98. The Kier molecular flexibility index (Phi) is 8.14. The monoisotopic (exact) mass is 282 g/mol. The van der Waals surface area contributed by atoms with E-state index in [0.717, 1.165) is 49.2 Å². The van der Waals surface area contributed by atoms with E-state index < -0.39 is 16.8 Å². The molecule has 0 aromatic heterocycles. The fourth-order valence-corrected chi connectivity index (χ4v) is 3.07. The molecular formula is C15H22O3S. The minimum atomic E-state index is -0.876.